The van der Waals surface area contributed by atoms with Crippen LogP contribution in [-0.4, -0.2) is 15.9 Å². The van der Waals surface area contributed by atoms with Crippen molar-refractivity contribution in [3.8, 4) is 0 Å². The SMILES string of the molecule is O=C(Nc1ccc(Br)cn1)c1cc(Cl)ccn1. The normalized spacial score (nSPS) is 10.0. The molecule has 0 aliphatic carbocycles. The van der Waals surface area contributed by atoms with Crippen molar-refractivity contribution in [3.63, 3.8) is 0 Å². The predicted molar refractivity (Wildman–Crippen MR) is 69.1 cm³/mol. The maximum absolute atomic E-state index is 11.8. The lowest BCUT2D eigenvalue weighted by Crippen LogP contribution is -2.14. The lowest BCUT2D eigenvalue weighted by molar-refractivity contribution is 0.102. The molecule has 0 saturated heterocycles. The number of aromatic nitrogens is 2. The van der Waals surface area contributed by atoms with Gasteiger partial charge in [-0.1, -0.05) is 11.6 Å². The Morgan fingerprint density at radius 3 is 2.76 bits per heavy atom. The molecule has 0 saturated carbocycles. The second-order valence-corrected chi connectivity index (χ2v) is 4.53. The predicted octanol–water partition coefficient (Wildman–Crippen LogP) is 3.14. The van der Waals surface area contributed by atoms with Crippen LogP contribution >= 0.6 is 27.5 Å². The number of anilines is 1. The third-order valence-corrected chi connectivity index (χ3v) is 2.63. The van der Waals surface area contributed by atoms with Crippen molar-refractivity contribution in [1.82, 2.24) is 9.97 Å². The average molecular weight is 313 g/mol. The van der Waals surface area contributed by atoms with Crippen molar-refractivity contribution in [2.75, 3.05) is 5.32 Å². The van der Waals surface area contributed by atoms with Gasteiger partial charge in [0.25, 0.3) is 5.91 Å². The highest BCUT2D eigenvalue weighted by molar-refractivity contribution is 9.10. The van der Waals surface area contributed by atoms with E-state index in [0.717, 1.165) is 4.47 Å². The Kier molecular flexibility index (Phi) is 3.71. The number of hydrogen-bond acceptors (Lipinski definition) is 3. The van der Waals surface area contributed by atoms with E-state index in [1.54, 1.807) is 24.4 Å². The molecule has 1 amide bonds. The second kappa shape index (κ2) is 5.25. The van der Waals surface area contributed by atoms with Gasteiger partial charge in [-0.2, -0.15) is 0 Å². The van der Waals surface area contributed by atoms with Crippen molar-refractivity contribution < 1.29 is 4.79 Å². The van der Waals surface area contributed by atoms with Gasteiger partial charge in [-0.3, -0.25) is 9.78 Å². The van der Waals surface area contributed by atoms with Crippen molar-refractivity contribution >= 4 is 39.3 Å². The Morgan fingerprint density at radius 1 is 1.29 bits per heavy atom. The summed E-state index contributed by atoms with van der Waals surface area (Å²) in [6.45, 7) is 0. The highest BCUT2D eigenvalue weighted by Crippen LogP contribution is 2.12. The van der Waals surface area contributed by atoms with E-state index in [0.29, 0.717) is 10.8 Å². The maximum atomic E-state index is 11.8. The number of carbonyl (C=O) groups excluding carboxylic acids is 1. The van der Waals surface area contributed by atoms with Gasteiger partial charge < -0.3 is 5.32 Å². The quantitative estimate of drug-likeness (QED) is 0.927. The zero-order chi connectivity index (χ0) is 12.3. The highest BCUT2D eigenvalue weighted by atomic mass is 79.9. The summed E-state index contributed by atoms with van der Waals surface area (Å²) in [5.41, 5.74) is 0.252. The molecule has 4 nitrogen and oxygen atoms in total. The molecular formula is C11H7BrClN3O. The highest BCUT2D eigenvalue weighted by Gasteiger charge is 2.08. The summed E-state index contributed by atoms with van der Waals surface area (Å²) in [4.78, 5) is 19.7. The van der Waals surface area contributed by atoms with Gasteiger partial charge in [-0.05, 0) is 40.2 Å². The van der Waals surface area contributed by atoms with E-state index in [-0.39, 0.29) is 11.6 Å². The van der Waals surface area contributed by atoms with Crippen LogP contribution in [0.4, 0.5) is 5.82 Å². The Balaban J connectivity index is 2.14. The topological polar surface area (TPSA) is 54.9 Å². The van der Waals surface area contributed by atoms with Crippen molar-refractivity contribution in [2.45, 2.75) is 0 Å². The molecule has 0 spiro atoms. The fraction of sp³-hybridized carbons (Fsp3) is 0. The lowest BCUT2D eigenvalue weighted by atomic mass is 10.3. The maximum Gasteiger partial charge on any atom is 0.275 e. The first-order valence-electron chi connectivity index (χ1n) is 4.69. The van der Waals surface area contributed by atoms with E-state index in [4.69, 9.17) is 11.6 Å². The average Bonchev–Trinajstić information content (AvgIpc) is 2.32. The van der Waals surface area contributed by atoms with Crippen molar-refractivity contribution in [2.24, 2.45) is 0 Å². The van der Waals surface area contributed by atoms with Gasteiger partial charge in [-0.15, -0.1) is 0 Å². The van der Waals surface area contributed by atoms with E-state index in [1.165, 1.54) is 12.3 Å². The number of hydrogen-bond donors (Lipinski definition) is 1. The molecule has 0 aromatic carbocycles. The Bertz CT molecular complexity index is 545. The smallest absolute Gasteiger partial charge is 0.275 e. The first-order chi connectivity index (χ1) is 8.15. The van der Waals surface area contributed by atoms with Crippen LogP contribution in [0.3, 0.4) is 0 Å². The standard InChI is InChI=1S/C11H7BrClN3O/c12-7-1-2-10(15-6-7)16-11(17)9-5-8(13)3-4-14-9/h1-6H,(H,15,16,17). The van der Waals surface area contributed by atoms with Gasteiger partial charge in [0.2, 0.25) is 0 Å². The van der Waals surface area contributed by atoms with Crippen LogP contribution in [0.25, 0.3) is 0 Å². The molecule has 0 fully saturated rings. The molecule has 2 heterocycles. The van der Waals surface area contributed by atoms with Gasteiger partial charge in [0.15, 0.2) is 0 Å². The number of halogens is 2. The van der Waals surface area contributed by atoms with Crippen LogP contribution in [-0.2, 0) is 0 Å². The molecule has 0 radical (unpaired) electrons. The fourth-order valence-electron chi connectivity index (χ4n) is 1.16. The Morgan fingerprint density at radius 2 is 2.12 bits per heavy atom. The molecule has 86 valence electrons. The van der Waals surface area contributed by atoms with Crippen LogP contribution in [0.2, 0.25) is 5.02 Å². The van der Waals surface area contributed by atoms with Crippen LogP contribution in [0.5, 0.6) is 0 Å². The summed E-state index contributed by atoms with van der Waals surface area (Å²) < 4.78 is 0.844. The summed E-state index contributed by atoms with van der Waals surface area (Å²) in [5.74, 6) is 0.113. The van der Waals surface area contributed by atoms with Crippen LogP contribution in [0.1, 0.15) is 10.5 Å². The molecule has 0 aliphatic rings. The molecule has 2 aromatic heterocycles. The molecular weight excluding hydrogens is 305 g/mol. The van der Waals surface area contributed by atoms with E-state index in [2.05, 4.69) is 31.2 Å². The summed E-state index contributed by atoms with van der Waals surface area (Å²) >= 11 is 9.03. The van der Waals surface area contributed by atoms with E-state index < -0.39 is 0 Å². The summed E-state index contributed by atoms with van der Waals surface area (Å²) in [6, 6.07) is 6.58. The largest absolute Gasteiger partial charge is 0.305 e. The van der Waals surface area contributed by atoms with E-state index >= 15 is 0 Å². The number of nitrogens with one attached hydrogen (secondary N) is 1. The molecule has 0 bridgehead atoms. The third-order valence-electron chi connectivity index (χ3n) is 1.92. The zero-order valence-corrected chi connectivity index (χ0v) is 10.9. The lowest BCUT2D eigenvalue weighted by Gasteiger charge is -2.03. The van der Waals surface area contributed by atoms with Crippen molar-refractivity contribution in [3.05, 3.63) is 51.8 Å². The minimum absolute atomic E-state index is 0.252. The molecule has 0 atom stereocenters. The molecule has 1 N–H and O–H groups in total. The van der Waals surface area contributed by atoms with Crippen LogP contribution < -0.4 is 5.32 Å². The number of nitrogens with zero attached hydrogens (tertiary/aromatic N) is 2. The number of carbonyl (C=O) groups is 1. The molecule has 0 unspecified atom stereocenters. The molecule has 6 heteroatoms. The Hall–Kier alpha value is -1.46. The zero-order valence-electron chi connectivity index (χ0n) is 8.52. The van der Waals surface area contributed by atoms with Gasteiger partial charge in [0.1, 0.15) is 11.5 Å². The molecule has 17 heavy (non-hydrogen) atoms. The summed E-state index contributed by atoms with van der Waals surface area (Å²) in [6.07, 6.45) is 3.08. The van der Waals surface area contributed by atoms with Gasteiger partial charge >= 0.3 is 0 Å². The van der Waals surface area contributed by atoms with Crippen LogP contribution in [0.15, 0.2) is 41.1 Å². The minimum Gasteiger partial charge on any atom is -0.305 e. The molecule has 0 aliphatic heterocycles. The summed E-state index contributed by atoms with van der Waals surface area (Å²) in [5, 5.41) is 3.09. The number of amides is 1. The monoisotopic (exact) mass is 311 g/mol. The van der Waals surface area contributed by atoms with Gasteiger partial charge in [-0.25, -0.2) is 4.98 Å². The minimum atomic E-state index is -0.345. The van der Waals surface area contributed by atoms with E-state index in [9.17, 15) is 4.79 Å². The van der Waals surface area contributed by atoms with Gasteiger partial charge in [0, 0.05) is 21.9 Å². The fourth-order valence-corrected chi connectivity index (χ4v) is 1.55. The molecule has 2 aromatic rings. The second-order valence-electron chi connectivity index (χ2n) is 3.18. The summed E-state index contributed by atoms with van der Waals surface area (Å²) in [7, 11) is 0. The van der Waals surface area contributed by atoms with Gasteiger partial charge in [0.05, 0.1) is 0 Å². The number of pyridine rings is 2. The van der Waals surface area contributed by atoms with Crippen LogP contribution in [0, 0.1) is 0 Å². The number of rotatable bonds is 2. The first-order valence-corrected chi connectivity index (χ1v) is 5.87. The third kappa shape index (κ3) is 3.25. The first kappa shape index (κ1) is 12.0. The Labute approximate surface area is 111 Å². The van der Waals surface area contributed by atoms with E-state index in [1.807, 2.05) is 0 Å². The molecule has 2 rings (SSSR count). The van der Waals surface area contributed by atoms with Crippen molar-refractivity contribution in [1.29, 1.82) is 0 Å².